The Hall–Kier alpha value is -0.350. The van der Waals surface area contributed by atoms with Crippen molar-refractivity contribution in [2.75, 3.05) is 6.61 Å². The molecule has 0 unspecified atom stereocenters. The van der Waals surface area contributed by atoms with Crippen LogP contribution in [0.4, 0.5) is 0 Å². The lowest BCUT2D eigenvalue weighted by molar-refractivity contribution is 0.215. The number of nitrogens with two attached hydrogens (primary N) is 1. The summed E-state index contributed by atoms with van der Waals surface area (Å²) < 4.78 is 13.9. The minimum absolute atomic E-state index is 0.166. The molecule has 0 aromatic rings. The highest BCUT2D eigenvalue weighted by Crippen LogP contribution is 2.35. The second kappa shape index (κ2) is 3.63. The Morgan fingerprint density at radius 2 is 2.22 bits per heavy atom. The predicted molar refractivity (Wildman–Crippen MR) is 31.3 cm³/mol. The second-order valence-electron chi connectivity index (χ2n) is 1.21. The smallest absolute Gasteiger partial charge is 0.405 e. The van der Waals surface area contributed by atoms with Crippen LogP contribution in [0, 0.1) is 0 Å². The average molecular weight is 153 g/mol. The van der Waals surface area contributed by atoms with Crippen LogP contribution in [0.3, 0.4) is 0 Å². The Kier molecular flexibility index (Phi) is 3.49. The Morgan fingerprint density at radius 1 is 1.67 bits per heavy atom. The van der Waals surface area contributed by atoms with Crippen molar-refractivity contribution in [2.24, 2.45) is 5.73 Å². The van der Waals surface area contributed by atoms with Crippen LogP contribution in [0.2, 0.25) is 0 Å². The first-order chi connectivity index (χ1) is 4.06. The largest absolute Gasteiger partial charge is 0.469 e. The lowest BCUT2D eigenvalue weighted by Crippen LogP contribution is -1.89. The molecule has 0 heterocycles. The van der Waals surface area contributed by atoms with Crippen molar-refractivity contribution in [3.63, 3.8) is 0 Å². The van der Waals surface area contributed by atoms with Gasteiger partial charge >= 0.3 is 7.82 Å². The summed E-state index contributed by atoms with van der Waals surface area (Å²) in [6.45, 7) is -0.166. The van der Waals surface area contributed by atoms with E-state index < -0.39 is 7.82 Å². The normalized spacial score (nSPS) is 12.7. The van der Waals surface area contributed by atoms with Gasteiger partial charge < -0.3 is 15.5 Å². The highest BCUT2D eigenvalue weighted by molar-refractivity contribution is 7.46. The lowest BCUT2D eigenvalue weighted by Gasteiger charge is -1.99. The van der Waals surface area contributed by atoms with Crippen molar-refractivity contribution in [2.45, 2.75) is 0 Å². The summed E-state index contributed by atoms with van der Waals surface area (Å²) in [6, 6.07) is 0. The van der Waals surface area contributed by atoms with Gasteiger partial charge in [0.2, 0.25) is 0 Å². The van der Waals surface area contributed by atoms with Gasteiger partial charge in [-0.25, -0.2) is 4.57 Å². The fraction of sp³-hybridized carbons (Fsp3) is 0.333. The molecule has 0 saturated carbocycles. The molecule has 0 aliphatic rings. The fourth-order valence-corrected chi connectivity index (χ4v) is 0.476. The Morgan fingerprint density at radius 3 is 2.56 bits per heavy atom. The topological polar surface area (TPSA) is 92.8 Å². The van der Waals surface area contributed by atoms with Gasteiger partial charge in [0.05, 0.1) is 6.61 Å². The van der Waals surface area contributed by atoms with Gasteiger partial charge in [-0.05, 0) is 12.3 Å². The van der Waals surface area contributed by atoms with Gasteiger partial charge in [0.25, 0.3) is 0 Å². The van der Waals surface area contributed by atoms with E-state index in [2.05, 4.69) is 4.52 Å². The van der Waals surface area contributed by atoms with E-state index in [1.807, 2.05) is 0 Å². The van der Waals surface area contributed by atoms with E-state index >= 15 is 0 Å². The van der Waals surface area contributed by atoms with Crippen LogP contribution in [0.25, 0.3) is 0 Å². The molecule has 9 heavy (non-hydrogen) atoms. The molecule has 0 spiro atoms. The van der Waals surface area contributed by atoms with Crippen molar-refractivity contribution in [1.82, 2.24) is 0 Å². The molecule has 4 N–H and O–H groups in total. The van der Waals surface area contributed by atoms with Gasteiger partial charge in [-0.1, -0.05) is 0 Å². The van der Waals surface area contributed by atoms with Crippen LogP contribution in [0.15, 0.2) is 12.3 Å². The molecule has 0 aromatic carbocycles. The highest BCUT2D eigenvalue weighted by atomic mass is 31.2. The number of phosphoric ester groups is 1. The minimum Gasteiger partial charge on any atom is -0.405 e. The van der Waals surface area contributed by atoms with Gasteiger partial charge in [-0.15, -0.1) is 0 Å². The van der Waals surface area contributed by atoms with E-state index in [0.717, 1.165) is 6.20 Å². The van der Waals surface area contributed by atoms with Crippen molar-refractivity contribution >= 4 is 7.82 Å². The van der Waals surface area contributed by atoms with Gasteiger partial charge in [0.1, 0.15) is 0 Å². The first-order valence-corrected chi connectivity index (χ1v) is 3.66. The number of rotatable bonds is 3. The van der Waals surface area contributed by atoms with E-state index in [4.69, 9.17) is 15.5 Å². The van der Waals surface area contributed by atoms with Crippen molar-refractivity contribution in [1.29, 1.82) is 0 Å². The molecule has 0 aliphatic carbocycles. The molecule has 0 aliphatic heterocycles. The summed E-state index contributed by atoms with van der Waals surface area (Å²) in [5.41, 5.74) is 4.84. The molecule has 54 valence electrons. The molecular formula is C3H8NO4P. The Bertz CT molecular complexity index is 139. The maximum absolute atomic E-state index is 9.90. The third-order valence-corrected chi connectivity index (χ3v) is 0.960. The van der Waals surface area contributed by atoms with Crippen LogP contribution in [0.5, 0.6) is 0 Å². The van der Waals surface area contributed by atoms with Crippen LogP contribution >= 0.6 is 7.82 Å². The van der Waals surface area contributed by atoms with Crippen LogP contribution in [-0.4, -0.2) is 16.4 Å². The monoisotopic (exact) mass is 153 g/mol. The van der Waals surface area contributed by atoms with E-state index in [1.165, 1.54) is 6.08 Å². The van der Waals surface area contributed by atoms with E-state index in [9.17, 15) is 4.57 Å². The summed E-state index contributed by atoms with van der Waals surface area (Å²) in [7, 11) is -4.30. The van der Waals surface area contributed by atoms with Gasteiger partial charge in [-0.2, -0.15) is 0 Å². The third kappa shape index (κ3) is 7.65. The molecule has 0 rings (SSSR count). The van der Waals surface area contributed by atoms with Crippen molar-refractivity contribution in [3.8, 4) is 0 Å². The SMILES string of the molecule is NC=CCOP(=O)(O)O. The van der Waals surface area contributed by atoms with Crippen LogP contribution in [0.1, 0.15) is 0 Å². The summed E-state index contributed by atoms with van der Waals surface area (Å²) in [4.78, 5) is 16.1. The van der Waals surface area contributed by atoms with E-state index in [1.54, 1.807) is 0 Å². The quantitative estimate of drug-likeness (QED) is 0.478. The van der Waals surface area contributed by atoms with Crippen molar-refractivity contribution in [3.05, 3.63) is 12.3 Å². The van der Waals surface area contributed by atoms with E-state index in [-0.39, 0.29) is 6.61 Å². The zero-order valence-electron chi connectivity index (χ0n) is 4.60. The summed E-state index contributed by atoms with van der Waals surface area (Å²) in [5, 5.41) is 0. The third-order valence-electron chi connectivity index (χ3n) is 0.475. The fourth-order valence-electron chi connectivity index (χ4n) is 0.196. The average Bonchev–Trinajstić information content (AvgIpc) is 1.63. The van der Waals surface area contributed by atoms with E-state index in [0.29, 0.717) is 0 Å². The molecule has 0 fully saturated rings. The molecule has 0 atom stereocenters. The first-order valence-electron chi connectivity index (χ1n) is 2.13. The second-order valence-corrected chi connectivity index (χ2v) is 2.45. The summed E-state index contributed by atoms with van der Waals surface area (Å²) in [6.07, 6.45) is 2.44. The Labute approximate surface area is 52.4 Å². The van der Waals surface area contributed by atoms with Gasteiger partial charge in [0.15, 0.2) is 0 Å². The zero-order chi connectivity index (χ0) is 7.33. The molecular weight excluding hydrogens is 145 g/mol. The molecule has 0 bridgehead atoms. The lowest BCUT2D eigenvalue weighted by atomic mass is 10.7. The standard InChI is InChI=1S/C3H8NO4P/c4-2-1-3-8-9(5,6)7/h1-2H,3-4H2,(H2,5,6,7). The van der Waals surface area contributed by atoms with Crippen LogP contribution in [-0.2, 0) is 9.09 Å². The highest BCUT2D eigenvalue weighted by Gasteiger charge is 2.10. The maximum Gasteiger partial charge on any atom is 0.469 e. The molecule has 0 saturated heterocycles. The Balaban J connectivity index is 3.40. The molecule has 5 nitrogen and oxygen atoms in total. The van der Waals surface area contributed by atoms with Gasteiger partial charge in [-0.3, -0.25) is 4.52 Å². The van der Waals surface area contributed by atoms with Crippen molar-refractivity contribution < 1.29 is 18.9 Å². The molecule has 0 amide bonds. The predicted octanol–water partition coefficient (Wildman–Crippen LogP) is -0.432. The maximum atomic E-state index is 9.90. The van der Waals surface area contributed by atoms with Crippen LogP contribution < -0.4 is 5.73 Å². The summed E-state index contributed by atoms with van der Waals surface area (Å²) >= 11 is 0. The first kappa shape index (κ1) is 8.65. The molecule has 0 aromatic heterocycles. The number of hydrogen-bond donors (Lipinski definition) is 3. The summed E-state index contributed by atoms with van der Waals surface area (Å²) in [5.74, 6) is 0. The number of hydrogen-bond acceptors (Lipinski definition) is 3. The minimum atomic E-state index is -4.30. The molecule has 6 heteroatoms. The molecule has 0 radical (unpaired) electrons. The zero-order valence-corrected chi connectivity index (χ0v) is 5.49. The van der Waals surface area contributed by atoms with Gasteiger partial charge in [0, 0.05) is 0 Å². The number of phosphoric acid groups is 1.